The third-order valence-electron chi connectivity index (χ3n) is 3.84. The van der Waals surface area contributed by atoms with Gasteiger partial charge in [-0.15, -0.1) is 0 Å². The summed E-state index contributed by atoms with van der Waals surface area (Å²) in [7, 11) is -16.0. The summed E-state index contributed by atoms with van der Waals surface area (Å²) in [6.07, 6.45) is -4.66. The molecular formula is C10H16N5O13P3. The van der Waals surface area contributed by atoms with Gasteiger partial charge in [0.2, 0.25) is 0 Å². The second-order valence-corrected chi connectivity index (χ2v) is 10.1. The Kier molecular flexibility index (Phi) is 6.68. The van der Waals surface area contributed by atoms with Crippen molar-refractivity contribution in [2.45, 2.75) is 24.5 Å². The maximum atomic E-state index is 11.9. The number of aliphatic hydroxyl groups excluding tert-OH is 1. The van der Waals surface area contributed by atoms with Crippen molar-refractivity contribution in [1.29, 1.82) is 0 Å². The number of anilines is 1. The van der Waals surface area contributed by atoms with E-state index in [9.17, 15) is 23.7 Å². The average Bonchev–Trinajstić information content (AvgIpc) is 3.13. The third-order valence-corrected chi connectivity index (χ3v) is 6.51. The average molecular weight is 507 g/mol. The number of fused-ring (bicyclic) bond motifs is 1. The SMILES string of the molecule is Nc1ncnc2c1ncn2[C@@H]1O[C@H](COP(=O)(O)O)[C@@H](OP(=O)(O)OP(=O)(O)O)[C@H]1O. The Morgan fingerprint density at radius 2 is 1.77 bits per heavy atom. The van der Waals surface area contributed by atoms with Crippen molar-refractivity contribution < 1.29 is 61.4 Å². The third kappa shape index (κ3) is 5.91. The van der Waals surface area contributed by atoms with E-state index in [1.165, 1.54) is 0 Å². The Hall–Kier alpha value is -1.36. The predicted octanol–water partition coefficient (Wildman–Crippen LogP) is -1.63. The van der Waals surface area contributed by atoms with Gasteiger partial charge in [0.15, 0.2) is 17.7 Å². The van der Waals surface area contributed by atoms with E-state index in [1.807, 2.05) is 0 Å². The van der Waals surface area contributed by atoms with Gasteiger partial charge in [-0.2, -0.15) is 4.31 Å². The standard InChI is InChI=1S/C10H16N5O13P3/c11-8-5-9(13-2-12-8)15(3-14-5)10-6(16)7(4(26-10)1-25-29(17,18)19)27-31(23,24)28-30(20,21)22/h2-4,6-7,10,16H,1H2,(H,23,24)(H2,11,12,13)(H2,17,18,19)(H2,20,21,22)/t4-,6-,7-,10-/m1/s1. The fourth-order valence-electron chi connectivity index (χ4n) is 2.75. The summed E-state index contributed by atoms with van der Waals surface area (Å²) in [6.45, 7) is -0.956. The van der Waals surface area contributed by atoms with Gasteiger partial charge in [0.1, 0.15) is 30.2 Å². The molecule has 1 aliphatic heterocycles. The van der Waals surface area contributed by atoms with Crippen LogP contribution in [0.1, 0.15) is 6.23 Å². The molecule has 1 fully saturated rings. The molecule has 5 atom stereocenters. The lowest BCUT2D eigenvalue weighted by Gasteiger charge is -2.23. The van der Waals surface area contributed by atoms with Crippen LogP contribution in [-0.2, 0) is 31.8 Å². The summed E-state index contributed by atoms with van der Waals surface area (Å²) in [5, 5.41) is 10.6. The van der Waals surface area contributed by atoms with Crippen LogP contribution in [0.15, 0.2) is 12.7 Å². The minimum Gasteiger partial charge on any atom is -0.386 e. The van der Waals surface area contributed by atoms with Crippen LogP contribution in [0.2, 0.25) is 0 Å². The molecule has 31 heavy (non-hydrogen) atoms. The van der Waals surface area contributed by atoms with Gasteiger partial charge in [-0.1, -0.05) is 0 Å². The van der Waals surface area contributed by atoms with E-state index in [4.69, 9.17) is 30.0 Å². The molecule has 3 rings (SSSR count). The fourth-order valence-corrected chi connectivity index (χ4v) is 4.89. The zero-order chi connectivity index (χ0) is 23.2. The molecule has 8 N–H and O–H groups in total. The smallest absolute Gasteiger partial charge is 0.386 e. The lowest BCUT2D eigenvalue weighted by Crippen LogP contribution is -2.36. The number of aliphatic hydroxyl groups is 1. The molecule has 18 nitrogen and oxygen atoms in total. The van der Waals surface area contributed by atoms with Crippen LogP contribution < -0.4 is 5.73 Å². The Morgan fingerprint density at radius 3 is 2.39 bits per heavy atom. The first-order valence-electron chi connectivity index (χ1n) is 7.91. The Balaban J connectivity index is 1.92. The van der Waals surface area contributed by atoms with Gasteiger partial charge in [-0.3, -0.25) is 13.6 Å². The summed E-state index contributed by atoms with van der Waals surface area (Å²) in [5.74, 6) is -0.0136. The molecule has 1 aliphatic rings. The van der Waals surface area contributed by atoms with E-state index >= 15 is 0 Å². The highest BCUT2D eigenvalue weighted by Gasteiger charge is 2.51. The Bertz CT molecular complexity index is 1100. The van der Waals surface area contributed by atoms with Crippen molar-refractivity contribution >= 4 is 40.4 Å². The van der Waals surface area contributed by atoms with Crippen molar-refractivity contribution in [3.8, 4) is 0 Å². The molecule has 21 heteroatoms. The first-order valence-corrected chi connectivity index (χ1v) is 12.5. The molecule has 0 bridgehead atoms. The molecule has 0 radical (unpaired) electrons. The number of aromatic nitrogens is 4. The minimum atomic E-state index is -5.49. The summed E-state index contributed by atoms with van der Waals surface area (Å²) >= 11 is 0. The maximum absolute atomic E-state index is 11.9. The van der Waals surface area contributed by atoms with E-state index < -0.39 is 54.6 Å². The first-order chi connectivity index (χ1) is 14.2. The monoisotopic (exact) mass is 507 g/mol. The second-order valence-electron chi connectivity index (χ2n) is 6.04. The minimum absolute atomic E-state index is 0.0136. The summed E-state index contributed by atoms with van der Waals surface area (Å²) < 4.78 is 53.0. The molecule has 2 aromatic heterocycles. The molecule has 0 aromatic carbocycles. The largest absolute Gasteiger partial charge is 0.481 e. The van der Waals surface area contributed by atoms with Crippen molar-refractivity contribution in [3.05, 3.63) is 12.7 Å². The number of rotatable bonds is 8. The fraction of sp³-hybridized carbons (Fsp3) is 0.500. The van der Waals surface area contributed by atoms with Gasteiger partial charge in [0.25, 0.3) is 0 Å². The van der Waals surface area contributed by atoms with E-state index in [1.54, 1.807) is 0 Å². The highest BCUT2D eigenvalue weighted by atomic mass is 31.3. The molecule has 0 saturated carbocycles. The molecule has 1 saturated heterocycles. The summed E-state index contributed by atoms with van der Waals surface area (Å²) in [5.41, 5.74) is 5.85. The molecule has 174 valence electrons. The quantitative estimate of drug-likeness (QED) is 0.197. The van der Waals surface area contributed by atoms with Gasteiger partial charge < -0.3 is 40.0 Å². The molecule has 0 spiro atoms. The number of ether oxygens (including phenoxy) is 1. The Morgan fingerprint density at radius 1 is 1.10 bits per heavy atom. The van der Waals surface area contributed by atoms with Gasteiger partial charge in [-0.05, 0) is 0 Å². The van der Waals surface area contributed by atoms with E-state index in [0.29, 0.717) is 0 Å². The van der Waals surface area contributed by atoms with Crippen molar-refractivity contribution in [1.82, 2.24) is 19.5 Å². The van der Waals surface area contributed by atoms with Gasteiger partial charge >= 0.3 is 23.5 Å². The highest BCUT2D eigenvalue weighted by molar-refractivity contribution is 7.60. The number of phosphoric ester groups is 2. The van der Waals surface area contributed by atoms with Crippen LogP contribution >= 0.6 is 23.5 Å². The summed E-state index contributed by atoms with van der Waals surface area (Å²) in [6, 6.07) is 0. The van der Waals surface area contributed by atoms with Crippen LogP contribution in [-0.4, -0.2) is 74.0 Å². The number of phosphoric acid groups is 3. The normalized spacial score (nSPS) is 26.9. The first kappa shape index (κ1) is 24.3. The molecule has 1 unspecified atom stereocenters. The number of nitrogen functional groups attached to an aromatic ring is 1. The van der Waals surface area contributed by atoms with Crippen molar-refractivity contribution in [2.75, 3.05) is 12.3 Å². The number of hydrogen-bond acceptors (Lipinski definition) is 12. The van der Waals surface area contributed by atoms with Gasteiger partial charge in [-0.25, -0.2) is 28.6 Å². The van der Waals surface area contributed by atoms with Crippen molar-refractivity contribution in [3.63, 3.8) is 0 Å². The molecule has 0 aliphatic carbocycles. The second kappa shape index (κ2) is 8.53. The van der Waals surface area contributed by atoms with Crippen LogP contribution in [0, 0.1) is 0 Å². The van der Waals surface area contributed by atoms with Gasteiger partial charge in [0, 0.05) is 0 Å². The zero-order valence-electron chi connectivity index (χ0n) is 14.9. The lowest BCUT2D eigenvalue weighted by atomic mass is 10.1. The van der Waals surface area contributed by atoms with Gasteiger partial charge in [0.05, 0.1) is 12.9 Å². The van der Waals surface area contributed by atoms with E-state index in [2.05, 4.69) is 28.3 Å². The van der Waals surface area contributed by atoms with Crippen molar-refractivity contribution in [2.24, 2.45) is 0 Å². The van der Waals surface area contributed by atoms with E-state index in [-0.39, 0.29) is 17.0 Å². The maximum Gasteiger partial charge on any atom is 0.481 e. The lowest BCUT2D eigenvalue weighted by molar-refractivity contribution is -0.0502. The van der Waals surface area contributed by atoms with Crippen LogP contribution in [0.5, 0.6) is 0 Å². The zero-order valence-corrected chi connectivity index (χ0v) is 17.6. The number of hydrogen-bond donors (Lipinski definition) is 7. The van der Waals surface area contributed by atoms with Crippen LogP contribution in [0.3, 0.4) is 0 Å². The molecule has 0 amide bonds. The van der Waals surface area contributed by atoms with Crippen LogP contribution in [0.4, 0.5) is 5.82 Å². The van der Waals surface area contributed by atoms with Crippen LogP contribution in [0.25, 0.3) is 11.2 Å². The predicted molar refractivity (Wildman–Crippen MR) is 95.5 cm³/mol. The summed E-state index contributed by atoms with van der Waals surface area (Å²) in [4.78, 5) is 56.5. The highest BCUT2D eigenvalue weighted by Crippen LogP contribution is 2.59. The number of nitrogens with zero attached hydrogens (tertiary/aromatic N) is 4. The topological polar surface area (TPSA) is 279 Å². The van der Waals surface area contributed by atoms with E-state index in [0.717, 1.165) is 17.2 Å². The molecule has 3 heterocycles. The molecular weight excluding hydrogens is 491 g/mol. The number of nitrogens with two attached hydrogens (primary N) is 1. The number of imidazole rings is 1. The Labute approximate surface area is 171 Å². The molecule has 2 aromatic rings.